The van der Waals surface area contributed by atoms with Crippen LogP contribution in [0.5, 0.6) is 11.5 Å². The number of ether oxygens (including phenoxy) is 2. The Kier molecular flexibility index (Phi) is 7.34. The predicted octanol–water partition coefficient (Wildman–Crippen LogP) is 4.32. The van der Waals surface area contributed by atoms with Crippen LogP contribution in [-0.2, 0) is 23.9 Å². The number of rotatable bonds is 4. The quantitative estimate of drug-likeness (QED) is 0.286. The van der Waals surface area contributed by atoms with Crippen LogP contribution in [0.4, 0.5) is 24.5 Å². The van der Waals surface area contributed by atoms with Gasteiger partial charge in [-0.05, 0) is 61.2 Å². The Hall–Kier alpha value is -3.81. The van der Waals surface area contributed by atoms with E-state index in [-0.39, 0.29) is 18.4 Å². The van der Waals surface area contributed by atoms with Crippen molar-refractivity contribution >= 4 is 58.2 Å². The fourth-order valence-electron chi connectivity index (χ4n) is 7.94. The number of hydrogen-bond donors (Lipinski definition) is 1. The summed E-state index contributed by atoms with van der Waals surface area (Å²) >= 11 is 14.2. The van der Waals surface area contributed by atoms with Crippen molar-refractivity contribution in [2.24, 2.45) is 17.8 Å². The highest BCUT2D eigenvalue weighted by Gasteiger charge is 2.76. The third kappa shape index (κ3) is 4.64. The molecule has 6 unspecified atom stereocenters. The Morgan fingerprint density at radius 3 is 2.26 bits per heavy atom. The Balaban J connectivity index is 1.30. The predicted molar refractivity (Wildman–Crippen MR) is 162 cm³/mol. The molecule has 4 fully saturated rings. The van der Waals surface area contributed by atoms with Gasteiger partial charge in [0.15, 0.2) is 9.75 Å². The molecule has 7 rings (SSSR count). The molecule has 1 N–H and O–H groups in total. The number of carbonyl (C=O) groups excluding carboxylic acids is 4. The van der Waals surface area contributed by atoms with Gasteiger partial charge in [-0.25, -0.2) is 0 Å². The van der Waals surface area contributed by atoms with E-state index in [2.05, 4.69) is 9.64 Å². The van der Waals surface area contributed by atoms with Crippen molar-refractivity contribution in [2.45, 2.75) is 34.9 Å². The van der Waals surface area contributed by atoms with Gasteiger partial charge in [-0.2, -0.15) is 0 Å². The van der Waals surface area contributed by atoms with Crippen molar-refractivity contribution in [2.75, 3.05) is 43.2 Å². The second kappa shape index (κ2) is 10.9. The van der Waals surface area contributed by atoms with E-state index in [9.17, 15) is 37.5 Å². The minimum Gasteiger partial charge on any atom is -0.508 e. The van der Waals surface area contributed by atoms with Crippen molar-refractivity contribution in [1.29, 1.82) is 0 Å². The summed E-state index contributed by atoms with van der Waals surface area (Å²) in [6.45, 7) is 2.56. The number of fused-ring (bicyclic) bond motifs is 4. The number of phenols is 1. The van der Waals surface area contributed by atoms with E-state index in [1.807, 2.05) is 12.1 Å². The van der Waals surface area contributed by atoms with Gasteiger partial charge >= 0.3 is 6.36 Å². The van der Waals surface area contributed by atoms with E-state index in [0.29, 0.717) is 37.6 Å². The number of anilines is 2. The molecule has 0 aromatic heterocycles. The van der Waals surface area contributed by atoms with Crippen molar-refractivity contribution in [1.82, 2.24) is 4.90 Å². The first kappa shape index (κ1) is 31.8. The lowest BCUT2D eigenvalue weighted by molar-refractivity contribution is -0.274. The first-order chi connectivity index (χ1) is 22.2. The van der Waals surface area contributed by atoms with Gasteiger partial charge in [0, 0.05) is 37.3 Å². The van der Waals surface area contributed by atoms with E-state index in [0.717, 1.165) is 33.7 Å². The number of phenolic OH excluding ortho intramolecular Hbond substituents is 1. The summed E-state index contributed by atoms with van der Waals surface area (Å²) in [6.07, 6.45) is -3.71. The Morgan fingerprint density at radius 2 is 1.60 bits per heavy atom. The molecule has 3 saturated heterocycles. The molecule has 10 nitrogen and oxygen atoms in total. The van der Waals surface area contributed by atoms with Gasteiger partial charge in [0.1, 0.15) is 11.5 Å². The highest BCUT2D eigenvalue weighted by molar-refractivity contribution is 6.53. The number of halogens is 5. The summed E-state index contributed by atoms with van der Waals surface area (Å²) in [5.41, 5.74) is 1.33. The maximum Gasteiger partial charge on any atom is 0.573 e. The zero-order chi connectivity index (χ0) is 33.6. The maximum atomic E-state index is 14.2. The number of hydrogen-bond acceptors (Lipinski definition) is 8. The molecule has 0 radical (unpaired) electrons. The number of allylic oxidation sites excluding steroid dienone is 2. The average Bonchev–Trinajstić information content (AvgIpc) is 3.37. The zero-order valence-corrected chi connectivity index (χ0v) is 26.3. The first-order valence-electron chi connectivity index (χ1n) is 15.0. The van der Waals surface area contributed by atoms with E-state index in [4.69, 9.17) is 27.9 Å². The molecule has 248 valence electrons. The second-order valence-electron chi connectivity index (χ2n) is 12.4. The number of carbonyl (C=O) groups is 4. The SMILES string of the molecule is CN1C(=O)C2(Cl)CC3C(=CCC4C(=O)N(c5ccc(N6CCOCC6)cc5)C(=O)C43)C(c3cc(OC(F)(F)F)ccc3O)C2(Cl)C1=O. The molecule has 2 aliphatic carbocycles. The van der Waals surface area contributed by atoms with E-state index in [1.165, 1.54) is 7.05 Å². The molecule has 0 bridgehead atoms. The fourth-order valence-corrected chi connectivity index (χ4v) is 8.95. The van der Waals surface area contributed by atoms with Crippen LogP contribution in [0.3, 0.4) is 0 Å². The Morgan fingerprint density at radius 1 is 0.936 bits per heavy atom. The number of likely N-dealkylation sites (tertiary alicyclic amines) is 1. The van der Waals surface area contributed by atoms with Crippen LogP contribution < -0.4 is 14.5 Å². The van der Waals surface area contributed by atoms with Crippen molar-refractivity contribution in [3.8, 4) is 11.5 Å². The normalized spacial score (nSPS) is 32.3. The highest BCUT2D eigenvalue weighted by Crippen LogP contribution is 2.66. The Labute approximate surface area is 276 Å². The number of amides is 4. The van der Waals surface area contributed by atoms with Gasteiger partial charge in [0.05, 0.1) is 30.7 Å². The third-order valence-corrected chi connectivity index (χ3v) is 11.5. The van der Waals surface area contributed by atoms with Gasteiger partial charge in [0.25, 0.3) is 11.8 Å². The summed E-state index contributed by atoms with van der Waals surface area (Å²) < 4.78 is 49.1. The molecule has 0 spiro atoms. The van der Waals surface area contributed by atoms with Crippen LogP contribution >= 0.6 is 23.2 Å². The maximum absolute atomic E-state index is 14.2. The number of imide groups is 2. The van der Waals surface area contributed by atoms with Crippen molar-refractivity contribution < 1.29 is 46.9 Å². The molecular formula is C32H28Cl2F3N3O7. The highest BCUT2D eigenvalue weighted by atomic mass is 35.5. The van der Waals surface area contributed by atoms with Gasteiger partial charge in [-0.15, -0.1) is 36.4 Å². The lowest BCUT2D eigenvalue weighted by Crippen LogP contribution is -2.60. The number of benzene rings is 2. The monoisotopic (exact) mass is 693 g/mol. The van der Waals surface area contributed by atoms with Crippen LogP contribution in [-0.4, -0.2) is 83.1 Å². The number of alkyl halides is 5. The minimum atomic E-state index is -5.07. The third-order valence-electron chi connectivity index (χ3n) is 10.0. The average molecular weight is 694 g/mol. The summed E-state index contributed by atoms with van der Waals surface area (Å²) in [5.74, 6) is -8.24. The van der Waals surface area contributed by atoms with E-state index in [1.54, 1.807) is 18.2 Å². The van der Waals surface area contributed by atoms with E-state index < -0.39 is 74.9 Å². The molecule has 6 atom stereocenters. The van der Waals surface area contributed by atoms with Gasteiger partial charge in [-0.1, -0.05) is 11.6 Å². The topological polar surface area (TPSA) is 117 Å². The van der Waals surface area contributed by atoms with Crippen LogP contribution in [0.15, 0.2) is 54.1 Å². The summed E-state index contributed by atoms with van der Waals surface area (Å²) in [6, 6.07) is 9.74. The summed E-state index contributed by atoms with van der Waals surface area (Å²) in [5, 5.41) is 11.0. The lowest BCUT2D eigenvalue weighted by atomic mass is 9.56. The number of morpholine rings is 1. The van der Waals surface area contributed by atoms with Gasteiger partial charge in [-0.3, -0.25) is 29.0 Å². The molecule has 2 aromatic carbocycles. The van der Waals surface area contributed by atoms with Crippen LogP contribution in [0.1, 0.15) is 24.3 Å². The standard InChI is InChI=1S/C32H28Cl2F3N3O7/c1-38-28(44)30(33)15-22-19(25(31(30,34)29(38)45)21-14-18(6-9-23(21)41)47-32(35,36)37)7-8-20-24(22)27(43)40(26(20)42)17-4-2-16(3-5-17)39-10-12-46-13-11-39/h2-7,9,14,20,22,24-25,41H,8,10-13,15H2,1H3. The lowest BCUT2D eigenvalue weighted by Gasteiger charge is -2.50. The second-order valence-corrected chi connectivity index (χ2v) is 13.6. The largest absolute Gasteiger partial charge is 0.573 e. The Bertz CT molecular complexity index is 1730. The van der Waals surface area contributed by atoms with Crippen LogP contribution in [0.25, 0.3) is 0 Å². The first-order valence-corrected chi connectivity index (χ1v) is 15.7. The summed E-state index contributed by atoms with van der Waals surface area (Å²) in [7, 11) is 1.19. The number of nitrogens with zero attached hydrogens (tertiary/aromatic N) is 3. The minimum absolute atomic E-state index is 0.0413. The molecule has 3 heterocycles. The zero-order valence-electron chi connectivity index (χ0n) is 24.8. The molecular weight excluding hydrogens is 666 g/mol. The molecule has 3 aliphatic heterocycles. The smallest absolute Gasteiger partial charge is 0.508 e. The van der Waals surface area contributed by atoms with Gasteiger partial charge < -0.3 is 19.5 Å². The van der Waals surface area contributed by atoms with Crippen LogP contribution in [0.2, 0.25) is 0 Å². The molecule has 15 heteroatoms. The van der Waals surface area contributed by atoms with Gasteiger partial charge in [0.2, 0.25) is 11.8 Å². The fraction of sp³-hybridized carbons (Fsp3) is 0.438. The van der Waals surface area contributed by atoms with E-state index >= 15 is 0 Å². The number of aromatic hydroxyl groups is 1. The van der Waals surface area contributed by atoms with Crippen molar-refractivity contribution in [3.63, 3.8) is 0 Å². The molecule has 47 heavy (non-hydrogen) atoms. The molecule has 4 amide bonds. The molecule has 5 aliphatic rings. The molecule has 1 saturated carbocycles. The van der Waals surface area contributed by atoms with Crippen molar-refractivity contribution in [3.05, 3.63) is 59.7 Å². The summed E-state index contributed by atoms with van der Waals surface area (Å²) in [4.78, 5) is 54.9. The molecule has 2 aromatic rings. The van der Waals surface area contributed by atoms with Crippen LogP contribution in [0, 0.1) is 17.8 Å².